The molecule has 7 heavy (non-hydrogen) atoms. The Bertz CT molecular complexity index is 90.2. The molecule has 1 aliphatic carbocycles. The molecule has 0 fully saturated rings. The molecule has 38 valence electrons. The van der Waals surface area contributed by atoms with Crippen LogP contribution in [0.25, 0.3) is 0 Å². The molecule has 1 unspecified atom stereocenters. The largest absolute Gasteiger partial charge is 0.224 e. The van der Waals surface area contributed by atoms with Gasteiger partial charge in [0.15, 0.2) is 11.5 Å². The van der Waals surface area contributed by atoms with Gasteiger partial charge < -0.3 is 0 Å². The van der Waals surface area contributed by atoms with E-state index in [-0.39, 0.29) is 0 Å². The van der Waals surface area contributed by atoms with E-state index in [1.165, 1.54) is 18.4 Å². The molecule has 0 heteroatoms. The lowest BCUT2D eigenvalue weighted by Crippen LogP contribution is -1.77. The Morgan fingerprint density at radius 3 is 2.57 bits per heavy atom. The summed E-state index contributed by atoms with van der Waals surface area (Å²) in [5.74, 6) is 0.736. The van der Waals surface area contributed by atoms with Gasteiger partial charge in [0.05, 0.1) is 0 Å². The van der Waals surface area contributed by atoms with Crippen LogP contribution in [0.2, 0.25) is 0 Å². The molecule has 0 saturated heterocycles. The van der Waals surface area contributed by atoms with Gasteiger partial charge in [-0.1, -0.05) is 0 Å². The van der Waals surface area contributed by atoms with Crippen LogP contribution in [0.15, 0.2) is 5.57 Å². The molecule has 0 heterocycles. The van der Waals surface area contributed by atoms with Crippen LogP contribution in [-0.2, 0) is 0 Å². The first-order valence-electron chi connectivity index (χ1n) is 2.88. The second kappa shape index (κ2) is 1.63. The van der Waals surface area contributed by atoms with E-state index >= 15 is 0 Å². The van der Waals surface area contributed by atoms with Crippen LogP contribution in [0.4, 0.5) is 0 Å². The van der Waals surface area contributed by atoms with Gasteiger partial charge in [0.25, 0.3) is 0 Å². The lowest BCUT2D eigenvalue weighted by atomic mass is 10.2. The number of hydrogen-bond donors (Lipinski definition) is 0. The van der Waals surface area contributed by atoms with E-state index in [1.54, 1.807) is 0 Å². The van der Waals surface area contributed by atoms with Crippen molar-refractivity contribution >= 4 is 0 Å². The molecule has 0 aromatic heterocycles. The lowest BCUT2D eigenvalue weighted by Gasteiger charge is -1.76. The van der Waals surface area contributed by atoms with Crippen molar-refractivity contribution in [3.05, 3.63) is 11.6 Å². The minimum atomic E-state index is 0.736. The van der Waals surface area contributed by atoms with E-state index in [2.05, 4.69) is 19.9 Å². The van der Waals surface area contributed by atoms with Crippen LogP contribution in [0.3, 0.4) is 0 Å². The minimum Gasteiger partial charge on any atom is -0.0113 e. The van der Waals surface area contributed by atoms with Gasteiger partial charge in [-0.3, -0.25) is 0 Å². The molecular formula is C7H11+. The number of allylic oxidation sites excluding steroid dienone is 2. The molecule has 0 spiro atoms. The Labute approximate surface area is 45.2 Å². The first-order valence-corrected chi connectivity index (χ1v) is 2.88. The second-order valence-corrected chi connectivity index (χ2v) is 2.36. The van der Waals surface area contributed by atoms with Crippen molar-refractivity contribution < 1.29 is 0 Å². The normalized spacial score (nSPS) is 29.4. The third-order valence-corrected chi connectivity index (χ3v) is 1.45. The zero-order valence-corrected chi connectivity index (χ0v) is 4.99. The summed E-state index contributed by atoms with van der Waals surface area (Å²) >= 11 is 0. The second-order valence-electron chi connectivity index (χ2n) is 2.36. The molecule has 1 aliphatic rings. The molecular weight excluding hydrogens is 84.1 g/mol. The predicted molar refractivity (Wildman–Crippen MR) is 30.8 cm³/mol. The molecule has 0 nitrogen and oxygen atoms in total. The Kier molecular flexibility index (Phi) is 1.12. The Morgan fingerprint density at radius 2 is 2.43 bits per heavy atom. The summed E-state index contributed by atoms with van der Waals surface area (Å²) in [6.45, 7) is 4.38. The van der Waals surface area contributed by atoms with E-state index in [4.69, 9.17) is 0 Å². The van der Waals surface area contributed by atoms with Gasteiger partial charge in [0, 0.05) is 19.8 Å². The molecule has 0 bridgehead atoms. The van der Waals surface area contributed by atoms with Crippen LogP contribution in [0.5, 0.6) is 0 Å². The van der Waals surface area contributed by atoms with E-state index in [1.807, 2.05) is 0 Å². The van der Waals surface area contributed by atoms with Crippen molar-refractivity contribution in [1.82, 2.24) is 0 Å². The van der Waals surface area contributed by atoms with Crippen LogP contribution in [0.1, 0.15) is 26.7 Å². The molecule has 0 amide bonds. The lowest BCUT2D eigenvalue weighted by molar-refractivity contribution is 0.686. The topological polar surface area (TPSA) is 0 Å². The van der Waals surface area contributed by atoms with Crippen molar-refractivity contribution in [2.45, 2.75) is 26.7 Å². The zero-order chi connectivity index (χ0) is 5.28. The fourth-order valence-corrected chi connectivity index (χ4v) is 0.998. The molecule has 1 rings (SSSR count). The van der Waals surface area contributed by atoms with Gasteiger partial charge in [-0.25, -0.2) is 0 Å². The van der Waals surface area contributed by atoms with Crippen LogP contribution in [-0.4, -0.2) is 0 Å². The summed E-state index contributed by atoms with van der Waals surface area (Å²) in [4.78, 5) is 0. The number of hydrogen-bond acceptors (Lipinski definition) is 0. The highest BCUT2D eigenvalue weighted by molar-refractivity contribution is 5.00. The first-order chi connectivity index (χ1) is 3.29. The van der Waals surface area contributed by atoms with E-state index < -0.39 is 0 Å². The van der Waals surface area contributed by atoms with Crippen molar-refractivity contribution in [2.75, 3.05) is 0 Å². The average Bonchev–Trinajstić information content (AvgIpc) is 1.87. The molecule has 1 atom stereocenters. The van der Waals surface area contributed by atoms with Crippen molar-refractivity contribution in [3.8, 4) is 0 Å². The molecule has 0 aromatic rings. The van der Waals surface area contributed by atoms with E-state index in [0.717, 1.165) is 5.92 Å². The van der Waals surface area contributed by atoms with E-state index in [0.29, 0.717) is 0 Å². The highest BCUT2D eigenvalue weighted by Crippen LogP contribution is 2.20. The van der Waals surface area contributed by atoms with Gasteiger partial charge in [0.1, 0.15) is 0 Å². The van der Waals surface area contributed by atoms with Crippen LogP contribution < -0.4 is 0 Å². The van der Waals surface area contributed by atoms with Crippen LogP contribution in [0, 0.1) is 12.0 Å². The minimum absolute atomic E-state index is 0.736. The Balaban J connectivity index is 2.50. The van der Waals surface area contributed by atoms with Crippen molar-refractivity contribution in [2.24, 2.45) is 5.92 Å². The molecule has 0 saturated carbocycles. The van der Waals surface area contributed by atoms with Gasteiger partial charge in [0.2, 0.25) is 6.08 Å². The standard InChI is InChI=1S/C7H11/c1-6-3-4-7(2)5-6/h6H,3-4H2,1-2H3/q+1. The fraction of sp³-hybridized carbons (Fsp3) is 0.714. The highest BCUT2D eigenvalue weighted by atomic mass is 14.1. The highest BCUT2D eigenvalue weighted by Gasteiger charge is 2.21. The maximum absolute atomic E-state index is 3.33. The van der Waals surface area contributed by atoms with E-state index in [9.17, 15) is 0 Å². The first kappa shape index (κ1) is 4.80. The van der Waals surface area contributed by atoms with Crippen LogP contribution >= 0.6 is 0 Å². The summed E-state index contributed by atoms with van der Waals surface area (Å²) in [5, 5.41) is 0. The van der Waals surface area contributed by atoms with Gasteiger partial charge >= 0.3 is 0 Å². The summed E-state index contributed by atoms with van der Waals surface area (Å²) in [6.07, 6.45) is 5.94. The molecule has 0 aliphatic heterocycles. The third kappa shape index (κ3) is 1.01. The summed E-state index contributed by atoms with van der Waals surface area (Å²) in [6, 6.07) is 0. The summed E-state index contributed by atoms with van der Waals surface area (Å²) < 4.78 is 0. The van der Waals surface area contributed by atoms with Crippen molar-refractivity contribution in [3.63, 3.8) is 0 Å². The third-order valence-electron chi connectivity index (χ3n) is 1.45. The summed E-state index contributed by atoms with van der Waals surface area (Å²) in [5.41, 5.74) is 1.45. The van der Waals surface area contributed by atoms with Gasteiger partial charge in [-0.05, 0) is 6.92 Å². The quantitative estimate of drug-likeness (QED) is 0.404. The summed E-state index contributed by atoms with van der Waals surface area (Å²) in [7, 11) is 0. The average molecular weight is 95.2 g/mol. The molecule has 0 N–H and O–H groups in total. The Morgan fingerprint density at radius 1 is 1.71 bits per heavy atom. The zero-order valence-electron chi connectivity index (χ0n) is 4.99. The SMILES string of the molecule is CC1=[C+]C(C)CC1. The van der Waals surface area contributed by atoms with Gasteiger partial charge in [-0.15, -0.1) is 0 Å². The van der Waals surface area contributed by atoms with Crippen molar-refractivity contribution in [1.29, 1.82) is 0 Å². The Hall–Kier alpha value is -0.350. The molecule has 0 aromatic carbocycles. The maximum atomic E-state index is 3.33. The predicted octanol–water partition coefficient (Wildman–Crippen LogP) is 2.17. The van der Waals surface area contributed by atoms with Gasteiger partial charge in [-0.2, -0.15) is 0 Å². The molecule has 0 radical (unpaired) electrons. The maximum Gasteiger partial charge on any atom is 0.224 e. The smallest absolute Gasteiger partial charge is 0.0113 e. The fourth-order valence-electron chi connectivity index (χ4n) is 0.998. The number of rotatable bonds is 0. The monoisotopic (exact) mass is 95.1 g/mol.